The van der Waals surface area contributed by atoms with E-state index in [4.69, 9.17) is 0 Å². The molecule has 1 N–H and O–H groups in total. The smallest absolute Gasteiger partial charge is 0.232 e. The second-order valence-corrected chi connectivity index (χ2v) is 8.83. The van der Waals surface area contributed by atoms with Gasteiger partial charge in [0, 0.05) is 19.0 Å². The number of nitrogens with zero attached hydrogens (tertiary/aromatic N) is 1. The number of carbonyl (C=O) groups is 1. The van der Waals surface area contributed by atoms with Gasteiger partial charge < -0.3 is 5.32 Å². The average Bonchev–Trinajstić information content (AvgIpc) is 2.66. The van der Waals surface area contributed by atoms with Crippen molar-refractivity contribution in [2.24, 2.45) is 0 Å². The van der Waals surface area contributed by atoms with Crippen LogP contribution in [0.4, 0.5) is 14.5 Å². The molecule has 5 nitrogen and oxygen atoms in total. The van der Waals surface area contributed by atoms with Crippen LogP contribution in [0.15, 0.2) is 42.5 Å². The Kier molecular flexibility index (Phi) is 7.73. The van der Waals surface area contributed by atoms with E-state index in [9.17, 15) is 22.0 Å². The molecule has 2 aromatic rings. The number of sulfonamides is 1. The van der Waals surface area contributed by atoms with Crippen molar-refractivity contribution in [3.63, 3.8) is 0 Å². The minimum atomic E-state index is -3.71. The maximum absolute atomic E-state index is 13.5. The molecule has 1 atom stereocenters. The molecule has 0 spiro atoms. The van der Waals surface area contributed by atoms with Gasteiger partial charge in [0.1, 0.15) is 0 Å². The molecule has 1 unspecified atom stereocenters. The lowest BCUT2D eigenvalue weighted by Crippen LogP contribution is -2.32. The molecule has 0 aliphatic rings. The Labute approximate surface area is 170 Å². The van der Waals surface area contributed by atoms with Crippen molar-refractivity contribution in [3.05, 3.63) is 65.2 Å². The molecular weight excluding hydrogens is 398 g/mol. The van der Waals surface area contributed by atoms with Crippen LogP contribution in [0.2, 0.25) is 0 Å². The number of amides is 1. The Hall–Kier alpha value is -2.48. The van der Waals surface area contributed by atoms with Gasteiger partial charge in [-0.1, -0.05) is 31.2 Å². The number of nitrogens with one attached hydrogen (secondary N) is 1. The number of rotatable bonds is 9. The molecule has 0 radical (unpaired) electrons. The SMILES string of the molecule is CCc1ccc(C(C)NC(=O)CCCN(c2ccc(F)c(F)c2)S(C)(=O)=O)cc1. The topological polar surface area (TPSA) is 66.5 Å². The van der Waals surface area contributed by atoms with Crippen molar-refractivity contribution < 1.29 is 22.0 Å². The maximum Gasteiger partial charge on any atom is 0.232 e. The number of aryl methyl sites for hydroxylation is 1. The standard InChI is InChI=1S/C21H26F2N2O3S/c1-4-16-7-9-17(10-8-16)15(2)24-21(26)6-5-13-25(29(3,27)28)18-11-12-19(22)20(23)14-18/h7-12,14-15H,4-6,13H2,1-3H3,(H,24,26). The van der Waals surface area contributed by atoms with E-state index in [1.54, 1.807) is 0 Å². The summed E-state index contributed by atoms with van der Waals surface area (Å²) >= 11 is 0. The van der Waals surface area contributed by atoms with Crippen LogP contribution in [-0.2, 0) is 21.2 Å². The van der Waals surface area contributed by atoms with Gasteiger partial charge >= 0.3 is 0 Å². The molecule has 0 aromatic heterocycles. The third-order valence-electron chi connectivity index (χ3n) is 4.62. The first-order valence-corrected chi connectivity index (χ1v) is 11.3. The number of benzene rings is 2. The first kappa shape index (κ1) is 22.8. The predicted octanol–water partition coefficient (Wildman–Crippen LogP) is 3.95. The Morgan fingerprint density at radius 2 is 1.76 bits per heavy atom. The van der Waals surface area contributed by atoms with Crippen molar-refractivity contribution >= 4 is 21.6 Å². The van der Waals surface area contributed by atoms with Crippen LogP contribution in [0.25, 0.3) is 0 Å². The number of carbonyl (C=O) groups excluding carboxylic acids is 1. The lowest BCUT2D eigenvalue weighted by molar-refractivity contribution is -0.121. The fourth-order valence-electron chi connectivity index (χ4n) is 2.95. The summed E-state index contributed by atoms with van der Waals surface area (Å²) in [4.78, 5) is 12.2. The van der Waals surface area contributed by atoms with Gasteiger partial charge in [-0.15, -0.1) is 0 Å². The van der Waals surface area contributed by atoms with Gasteiger partial charge in [-0.3, -0.25) is 9.10 Å². The maximum atomic E-state index is 13.5. The summed E-state index contributed by atoms with van der Waals surface area (Å²) in [6.07, 6.45) is 2.26. The quantitative estimate of drug-likeness (QED) is 0.663. The van der Waals surface area contributed by atoms with Crippen molar-refractivity contribution in [2.45, 2.75) is 39.2 Å². The highest BCUT2D eigenvalue weighted by Crippen LogP contribution is 2.21. The van der Waals surface area contributed by atoms with Gasteiger partial charge in [0.15, 0.2) is 11.6 Å². The number of hydrogen-bond acceptors (Lipinski definition) is 3. The normalized spacial score (nSPS) is 12.4. The minimum Gasteiger partial charge on any atom is -0.350 e. The Balaban J connectivity index is 1.94. The number of anilines is 1. The molecule has 29 heavy (non-hydrogen) atoms. The van der Waals surface area contributed by atoms with Crippen molar-refractivity contribution in [1.29, 1.82) is 0 Å². The zero-order valence-corrected chi connectivity index (χ0v) is 17.6. The molecule has 0 saturated carbocycles. The highest BCUT2D eigenvalue weighted by Gasteiger charge is 2.19. The molecule has 158 valence electrons. The Morgan fingerprint density at radius 1 is 1.10 bits per heavy atom. The lowest BCUT2D eigenvalue weighted by Gasteiger charge is -2.22. The largest absolute Gasteiger partial charge is 0.350 e. The molecule has 2 rings (SSSR count). The Bertz CT molecular complexity index is 947. The van der Waals surface area contributed by atoms with E-state index in [2.05, 4.69) is 12.2 Å². The van der Waals surface area contributed by atoms with Crippen molar-refractivity contribution in [1.82, 2.24) is 5.32 Å². The van der Waals surface area contributed by atoms with Crippen LogP contribution in [0.3, 0.4) is 0 Å². The van der Waals surface area contributed by atoms with Crippen LogP contribution in [-0.4, -0.2) is 27.1 Å². The molecule has 8 heteroatoms. The van der Waals surface area contributed by atoms with Crippen LogP contribution in [0.5, 0.6) is 0 Å². The molecule has 1 amide bonds. The van der Waals surface area contributed by atoms with E-state index in [-0.39, 0.29) is 37.0 Å². The van der Waals surface area contributed by atoms with Crippen LogP contribution in [0, 0.1) is 11.6 Å². The van der Waals surface area contributed by atoms with E-state index in [1.165, 1.54) is 11.6 Å². The minimum absolute atomic E-state index is 0.0170. The van der Waals surface area contributed by atoms with Gasteiger partial charge in [-0.2, -0.15) is 0 Å². The molecular formula is C21H26F2N2O3S. The fraction of sp³-hybridized carbons (Fsp3) is 0.381. The highest BCUT2D eigenvalue weighted by atomic mass is 32.2. The summed E-state index contributed by atoms with van der Waals surface area (Å²) in [6, 6.07) is 10.7. The van der Waals surface area contributed by atoms with E-state index >= 15 is 0 Å². The third kappa shape index (κ3) is 6.52. The number of hydrogen-bond donors (Lipinski definition) is 1. The van der Waals surface area contributed by atoms with E-state index < -0.39 is 21.7 Å². The number of halogens is 2. The zero-order valence-electron chi connectivity index (χ0n) is 16.8. The fourth-order valence-corrected chi connectivity index (χ4v) is 3.91. The van der Waals surface area contributed by atoms with Gasteiger partial charge in [0.2, 0.25) is 15.9 Å². The summed E-state index contributed by atoms with van der Waals surface area (Å²) in [5, 5.41) is 2.89. The molecule has 0 fully saturated rings. The average molecular weight is 425 g/mol. The molecule has 0 aliphatic heterocycles. The second-order valence-electron chi connectivity index (χ2n) is 6.92. The van der Waals surface area contributed by atoms with E-state index in [1.807, 2.05) is 31.2 Å². The van der Waals surface area contributed by atoms with Gasteiger partial charge in [-0.25, -0.2) is 17.2 Å². The highest BCUT2D eigenvalue weighted by molar-refractivity contribution is 7.92. The Morgan fingerprint density at radius 3 is 2.31 bits per heavy atom. The van der Waals surface area contributed by atoms with Gasteiger partial charge in [0.25, 0.3) is 0 Å². The summed E-state index contributed by atoms with van der Waals surface area (Å²) in [5.41, 5.74) is 2.22. The summed E-state index contributed by atoms with van der Waals surface area (Å²) in [5.74, 6) is -2.39. The van der Waals surface area contributed by atoms with E-state index in [0.717, 1.165) is 34.7 Å². The zero-order chi connectivity index (χ0) is 21.6. The van der Waals surface area contributed by atoms with Gasteiger partial charge in [-0.05, 0) is 43.0 Å². The summed E-state index contributed by atoms with van der Waals surface area (Å²) in [6.45, 7) is 3.93. The molecule has 0 bridgehead atoms. The van der Waals surface area contributed by atoms with Crippen molar-refractivity contribution in [2.75, 3.05) is 17.1 Å². The molecule has 2 aromatic carbocycles. The van der Waals surface area contributed by atoms with Crippen LogP contribution in [0.1, 0.15) is 43.9 Å². The first-order valence-electron chi connectivity index (χ1n) is 9.42. The van der Waals surface area contributed by atoms with Gasteiger partial charge in [0.05, 0.1) is 18.0 Å². The predicted molar refractivity (Wildman–Crippen MR) is 110 cm³/mol. The summed E-state index contributed by atoms with van der Waals surface area (Å²) < 4.78 is 51.6. The first-order chi connectivity index (χ1) is 13.6. The molecule has 0 heterocycles. The molecule has 0 aliphatic carbocycles. The monoisotopic (exact) mass is 424 g/mol. The summed E-state index contributed by atoms with van der Waals surface area (Å²) in [7, 11) is -3.71. The second kappa shape index (κ2) is 9.82. The van der Waals surface area contributed by atoms with E-state index in [0.29, 0.717) is 0 Å². The van der Waals surface area contributed by atoms with Crippen LogP contribution < -0.4 is 9.62 Å². The lowest BCUT2D eigenvalue weighted by atomic mass is 10.0. The third-order valence-corrected chi connectivity index (χ3v) is 5.82. The van der Waals surface area contributed by atoms with Crippen LogP contribution >= 0.6 is 0 Å². The molecule has 0 saturated heterocycles. The van der Waals surface area contributed by atoms with Crippen molar-refractivity contribution in [3.8, 4) is 0 Å².